The van der Waals surface area contributed by atoms with Gasteiger partial charge in [0.05, 0.1) is 11.9 Å². The number of sulfonamides is 2. The zero-order valence-electron chi connectivity index (χ0n) is 8.32. The van der Waals surface area contributed by atoms with Crippen molar-refractivity contribution in [3.05, 3.63) is 24.5 Å². The second-order valence-electron chi connectivity index (χ2n) is 2.85. The normalized spacial score (nSPS) is 12.4. The van der Waals surface area contributed by atoms with Crippen LogP contribution >= 0.6 is 23.2 Å². The molecule has 6 nitrogen and oxygen atoms in total. The third-order valence-corrected chi connectivity index (χ3v) is 6.64. The van der Waals surface area contributed by atoms with Crippen molar-refractivity contribution in [3.8, 4) is 0 Å². The Bertz CT molecular complexity index is 539. The zero-order valence-corrected chi connectivity index (χ0v) is 11.5. The van der Waals surface area contributed by atoms with Gasteiger partial charge < -0.3 is 0 Å². The Kier molecular flexibility index (Phi) is 4.59. The monoisotopic (exact) mass is 318 g/mol. The van der Waals surface area contributed by atoms with Crippen LogP contribution in [0.3, 0.4) is 0 Å². The topological polar surface area (TPSA) is 84.4 Å². The molecule has 0 aliphatic rings. The van der Waals surface area contributed by atoms with Crippen molar-refractivity contribution in [2.24, 2.45) is 0 Å². The van der Waals surface area contributed by atoms with E-state index in [1.165, 1.54) is 18.3 Å². The molecule has 0 atom stereocenters. The summed E-state index contributed by atoms with van der Waals surface area (Å²) in [6, 6.07) is 2.68. The van der Waals surface area contributed by atoms with E-state index in [1.54, 1.807) is 0 Å². The van der Waals surface area contributed by atoms with Crippen molar-refractivity contribution in [1.82, 2.24) is 4.98 Å². The molecule has 0 unspecified atom stereocenters. The summed E-state index contributed by atoms with van der Waals surface area (Å²) < 4.78 is 46.7. The lowest BCUT2D eigenvalue weighted by atomic mass is 10.4. The largest absolute Gasteiger partial charge is 0.262 e. The fourth-order valence-electron chi connectivity index (χ4n) is 1.04. The van der Waals surface area contributed by atoms with Gasteiger partial charge in [-0.1, -0.05) is 0 Å². The van der Waals surface area contributed by atoms with E-state index < -0.39 is 30.5 Å². The van der Waals surface area contributed by atoms with Gasteiger partial charge in [0.1, 0.15) is 10.4 Å². The standard InChI is InChI=1S/C7H8Cl2N2O4S2/c8-5-16(12,13)11(17(14,15)6-9)7-2-1-3-10-4-7/h1-4H,5-6H2. The molecule has 17 heavy (non-hydrogen) atoms. The first-order valence-corrected chi connectivity index (χ1v) is 8.42. The van der Waals surface area contributed by atoms with Crippen molar-refractivity contribution in [1.29, 1.82) is 0 Å². The maximum atomic E-state index is 11.6. The summed E-state index contributed by atoms with van der Waals surface area (Å²) in [5, 5.41) is -1.75. The molecule has 0 aliphatic heterocycles. The average molecular weight is 319 g/mol. The first kappa shape index (κ1) is 14.5. The number of hydrogen-bond acceptors (Lipinski definition) is 5. The Hall–Kier alpha value is -0.570. The maximum Gasteiger partial charge on any atom is 0.262 e. The summed E-state index contributed by atoms with van der Waals surface area (Å²) in [6.07, 6.45) is 2.47. The van der Waals surface area contributed by atoms with Crippen LogP contribution in [0, 0.1) is 0 Å². The van der Waals surface area contributed by atoms with Gasteiger partial charge in [0.25, 0.3) is 20.0 Å². The molecule has 0 saturated carbocycles. The second kappa shape index (κ2) is 5.38. The molecule has 1 aromatic heterocycles. The molecule has 0 N–H and O–H groups in total. The molecule has 0 saturated heterocycles. The van der Waals surface area contributed by atoms with Crippen LogP contribution in [0.5, 0.6) is 0 Å². The van der Waals surface area contributed by atoms with E-state index in [0.717, 1.165) is 6.20 Å². The van der Waals surface area contributed by atoms with Crippen LogP contribution in [0.15, 0.2) is 24.5 Å². The highest BCUT2D eigenvalue weighted by Crippen LogP contribution is 2.22. The Morgan fingerprint density at radius 2 is 1.65 bits per heavy atom. The lowest BCUT2D eigenvalue weighted by molar-refractivity contribution is 0.589. The van der Waals surface area contributed by atoms with Crippen molar-refractivity contribution in [3.63, 3.8) is 0 Å². The van der Waals surface area contributed by atoms with E-state index in [2.05, 4.69) is 4.98 Å². The molecule has 0 aliphatic carbocycles. The van der Waals surface area contributed by atoms with Gasteiger partial charge >= 0.3 is 0 Å². The third-order valence-electron chi connectivity index (χ3n) is 1.64. The zero-order chi connectivity index (χ0) is 13.1. The molecule has 1 heterocycles. The Balaban J connectivity index is 3.44. The summed E-state index contributed by atoms with van der Waals surface area (Å²) in [7, 11) is -8.39. The average Bonchev–Trinajstić information content (AvgIpc) is 2.30. The quantitative estimate of drug-likeness (QED) is 0.754. The molecule has 0 fully saturated rings. The predicted octanol–water partition coefficient (Wildman–Crippen LogP) is 0.940. The number of halogens is 2. The van der Waals surface area contributed by atoms with Gasteiger partial charge in [-0.05, 0) is 12.1 Å². The Morgan fingerprint density at radius 3 is 2.00 bits per heavy atom. The molecule has 0 radical (unpaired) electrons. The molecule has 1 aromatic rings. The fraction of sp³-hybridized carbons (Fsp3) is 0.286. The Labute approximate surface area is 109 Å². The number of pyridine rings is 1. The van der Waals surface area contributed by atoms with Crippen molar-refractivity contribution in [2.45, 2.75) is 0 Å². The highest BCUT2D eigenvalue weighted by molar-refractivity contribution is 8.11. The minimum atomic E-state index is -4.20. The SMILES string of the molecule is O=S(=O)(CCl)N(c1cccnc1)S(=O)(=O)CCl. The second-order valence-corrected chi connectivity index (χ2v) is 7.89. The van der Waals surface area contributed by atoms with Gasteiger partial charge in [-0.2, -0.15) is 3.71 Å². The highest BCUT2D eigenvalue weighted by Gasteiger charge is 2.33. The van der Waals surface area contributed by atoms with Crippen LogP contribution < -0.4 is 3.71 Å². The molecule has 10 heteroatoms. The molecular formula is C7H8Cl2N2O4S2. The van der Waals surface area contributed by atoms with Crippen LogP contribution in [-0.2, 0) is 20.0 Å². The summed E-state index contributed by atoms with van der Waals surface area (Å²) in [6.45, 7) is 0. The van der Waals surface area contributed by atoms with Gasteiger partial charge in [-0.15, -0.1) is 23.2 Å². The molecule has 0 aromatic carbocycles. The van der Waals surface area contributed by atoms with Gasteiger partial charge in [0.2, 0.25) is 0 Å². The van der Waals surface area contributed by atoms with Gasteiger partial charge in [0.15, 0.2) is 0 Å². The smallest absolute Gasteiger partial charge is 0.262 e. The number of nitrogens with zero attached hydrogens (tertiary/aromatic N) is 2. The van der Waals surface area contributed by atoms with E-state index in [-0.39, 0.29) is 9.40 Å². The van der Waals surface area contributed by atoms with Gasteiger partial charge in [-0.3, -0.25) is 4.98 Å². The van der Waals surface area contributed by atoms with Crippen LogP contribution in [0.1, 0.15) is 0 Å². The van der Waals surface area contributed by atoms with E-state index in [0.29, 0.717) is 0 Å². The summed E-state index contributed by atoms with van der Waals surface area (Å²) in [4.78, 5) is 3.64. The first-order valence-electron chi connectivity index (χ1n) is 4.13. The molecule has 0 amide bonds. The van der Waals surface area contributed by atoms with E-state index >= 15 is 0 Å². The maximum absolute atomic E-state index is 11.6. The van der Waals surface area contributed by atoms with Crippen molar-refractivity contribution >= 4 is 48.9 Å². The number of anilines is 1. The molecular weight excluding hydrogens is 311 g/mol. The van der Waals surface area contributed by atoms with Crippen LogP contribution in [0.4, 0.5) is 5.69 Å². The lowest BCUT2D eigenvalue weighted by Gasteiger charge is -2.20. The molecule has 1 rings (SSSR count). The highest BCUT2D eigenvalue weighted by atomic mass is 35.5. The number of aromatic nitrogens is 1. The Morgan fingerprint density at radius 1 is 1.12 bits per heavy atom. The fourth-order valence-corrected chi connectivity index (χ4v) is 4.71. The van der Waals surface area contributed by atoms with E-state index in [4.69, 9.17) is 23.2 Å². The third kappa shape index (κ3) is 3.21. The molecule has 0 spiro atoms. The lowest BCUT2D eigenvalue weighted by Crippen LogP contribution is -2.38. The predicted molar refractivity (Wildman–Crippen MR) is 66.0 cm³/mol. The number of hydrogen-bond donors (Lipinski definition) is 0. The van der Waals surface area contributed by atoms with Crippen molar-refractivity contribution in [2.75, 3.05) is 14.1 Å². The van der Waals surface area contributed by atoms with Crippen LogP contribution in [-0.4, -0.2) is 32.2 Å². The summed E-state index contributed by atoms with van der Waals surface area (Å²) in [5.74, 6) is 0. The van der Waals surface area contributed by atoms with E-state index in [9.17, 15) is 16.8 Å². The van der Waals surface area contributed by atoms with Crippen LogP contribution in [0.25, 0.3) is 0 Å². The number of rotatable bonds is 5. The van der Waals surface area contributed by atoms with Gasteiger partial charge in [-0.25, -0.2) is 16.8 Å². The van der Waals surface area contributed by atoms with Gasteiger partial charge in [0, 0.05) is 6.20 Å². The minimum Gasteiger partial charge on any atom is -0.262 e. The molecule has 96 valence electrons. The molecule has 0 bridgehead atoms. The number of alkyl halides is 2. The van der Waals surface area contributed by atoms with Crippen LogP contribution in [0.2, 0.25) is 0 Å². The minimum absolute atomic E-state index is 0.131. The van der Waals surface area contributed by atoms with E-state index in [1.807, 2.05) is 0 Å². The first-order chi connectivity index (χ1) is 7.85. The summed E-state index contributed by atoms with van der Waals surface area (Å²) >= 11 is 10.5. The van der Waals surface area contributed by atoms with Crippen molar-refractivity contribution < 1.29 is 16.8 Å². The summed E-state index contributed by atoms with van der Waals surface area (Å²) in [5.41, 5.74) is -0.131.